The number of aliphatic hydroxyl groups is 1. The third-order valence-electron chi connectivity index (χ3n) is 4.06. The highest BCUT2D eigenvalue weighted by Crippen LogP contribution is 2.28. The lowest BCUT2D eigenvalue weighted by atomic mass is 10.0. The molecule has 1 N–H and O–H groups in total. The summed E-state index contributed by atoms with van der Waals surface area (Å²) in [6.45, 7) is 2.44. The molecule has 24 heavy (non-hydrogen) atoms. The fraction of sp³-hybridized carbons (Fsp3) is 0.412. The molecule has 2 aromatic heterocycles. The van der Waals surface area contributed by atoms with Crippen molar-refractivity contribution in [1.29, 1.82) is 0 Å². The molecule has 0 aromatic carbocycles. The molecule has 126 valence electrons. The van der Waals surface area contributed by atoms with Crippen molar-refractivity contribution in [3.05, 3.63) is 35.8 Å². The van der Waals surface area contributed by atoms with E-state index in [-0.39, 0.29) is 5.91 Å². The molecule has 0 saturated carbocycles. The fourth-order valence-electron chi connectivity index (χ4n) is 2.86. The summed E-state index contributed by atoms with van der Waals surface area (Å²) < 4.78 is 0. The van der Waals surface area contributed by atoms with Gasteiger partial charge in [-0.25, -0.2) is 9.97 Å². The highest BCUT2D eigenvalue weighted by Gasteiger charge is 2.27. The van der Waals surface area contributed by atoms with E-state index >= 15 is 0 Å². The zero-order valence-electron chi connectivity index (χ0n) is 14.1. The average molecular weight is 327 g/mol. The predicted molar refractivity (Wildman–Crippen MR) is 90.4 cm³/mol. The van der Waals surface area contributed by atoms with Gasteiger partial charge in [-0.15, -0.1) is 0 Å². The van der Waals surface area contributed by atoms with Gasteiger partial charge in [0.15, 0.2) is 5.82 Å². The van der Waals surface area contributed by atoms with Crippen LogP contribution in [0.25, 0.3) is 11.4 Å². The first-order valence-corrected chi connectivity index (χ1v) is 7.91. The lowest BCUT2D eigenvalue weighted by Crippen LogP contribution is -2.42. The Morgan fingerprint density at radius 3 is 2.79 bits per heavy atom. The third-order valence-corrected chi connectivity index (χ3v) is 4.06. The first-order chi connectivity index (χ1) is 11.5. The van der Waals surface area contributed by atoms with E-state index in [1.165, 1.54) is 6.92 Å². The van der Waals surface area contributed by atoms with E-state index in [1.807, 2.05) is 31.1 Å². The molecular formula is C17H21N5O2. The van der Waals surface area contributed by atoms with Gasteiger partial charge in [-0.05, 0) is 25.5 Å². The first-order valence-electron chi connectivity index (χ1n) is 7.91. The number of hydrogen-bond donors (Lipinski definition) is 1. The number of aromatic nitrogens is 3. The molecule has 1 aliphatic rings. The van der Waals surface area contributed by atoms with E-state index in [0.717, 1.165) is 22.6 Å². The molecule has 7 heteroatoms. The van der Waals surface area contributed by atoms with Crippen LogP contribution in [-0.4, -0.2) is 57.6 Å². The highest BCUT2D eigenvalue weighted by molar-refractivity contribution is 5.80. The maximum Gasteiger partial charge on any atom is 0.251 e. The van der Waals surface area contributed by atoms with Crippen molar-refractivity contribution in [2.45, 2.75) is 26.0 Å². The molecule has 1 aliphatic heterocycles. The smallest absolute Gasteiger partial charge is 0.251 e. The number of fused-ring (bicyclic) bond motifs is 1. The summed E-state index contributed by atoms with van der Waals surface area (Å²) in [4.78, 5) is 29.2. The van der Waals surface area contributed by atoms with Gasteiger partial charge >= 0.3 is 0 Å². The van der Waals surface area contributed by atoms with Gasteiger partial charge in [0.1, 0.15) is 11.9 Å². The summed E-state index contributed by atoms with van der Waals surface area (Å²) in [5, 5.41) is 9.56. The molecule has 0 aliphatic carbocycles. The Balaban J connectivity index is 2.04. The van der Waals surface area contributed by atoms with Crippen molar-refractivity contribution in [2.24, 2.45) is 0 Å². The molecule has 0 radical (unpaired) electrons. The van der Waals surface area contributed by atoms with Gasteiger partial charge in [0.25, 0.3) is 5.91 Å². The van der Waals surface area contributed by atoms with Crippen LogP contribution in [0.1, 0.15) is 18.2 Å². The minimum absolute atomic E-state index is 0.270. The van der Waals surface area contributed by atoms with Gasteiger partial charge in [-0.3, -0.25) is 9.78 Å². The summed E-state index contributed by atoms with van der Waals surface area (Å²) in [7, 11) is 3.89. The van der Waals surface area contributed by atoms with Gasteiger partial charge in [-0.2, -0.15) is 0 Å². The number of pyridine rings is 1. The van der Waals surface area contributed by atoms with E-state index in [1.54, 1.807) is 17.3 Å². The monoisotopic (exact) mass is 327 g/mol. The molecule has 2 aromatic rings. The Morgan fingerprint density at radius 2 is 2.17 bits per heavy atom. The summed E-state index contributed by atoms with van der Waals surface area (Å²) in [6.07, 6.45) is 3.11. The fourth-order valence-corrected chi connectivity index (χ4v) is 2.86. The highest BCUT2D eigenvalue weighted by atomic mass is 16.3. The topological polar surface area (TPSA) is 82.4 Å². The zero-order valence-corrected chi connectivity index (χ0v) is 14.1. The quantitative estimate of drug-likeness (QED) is 0.901. The molecule has 0 bridgehead atoms. The van der Waals surface area contributed by atoms with Crippen LogP contribution in [-0.2, 0) is 17.8 Å². The van der Waals surface area contributed by atoms with Crippen LogP contribution in [0.2, 0.25) is 0 Å². The van der Waals surface area contributed by atoms with Crippen LogP contribution in [0.4, 0.5) is 5.82 Å². The SMILES string of the molecule is C[C@@H](O)C(=O)N1CCc2c(nc(-c3cccnc3)nc2N(C)C)C1. The second-order valence-electron chi connectivity index (χ2n) is 6.12. The minimum atomic E-state index is -1.00. The van der Waals surface area contributed by atoms with E-state index in [9.17, 15) is 9.90 Å². The van der Waals surface area contributed by atoms with Crippen molar-refractivity contribution in [2.75, 3.05) is 25.5 Å². The Labute approximate surface area is 141 Å². The van der Waals surface area contributed by atoms with Crippen molar-refractivity contribution in [3.8, 4) is 11.4 Å². The lowest BCUT2D eigenvalue weighted by Gasteiger charge is -2.31. The summed E-state index contributed by atoms with van der Waals surface area (Å²) in [5.74, 6) is 1.19. The third kappa shape index (κ3) is 3.07. The number of carbonyl (C=O) groups is 1. The number of anilines is 1. The molecule has 0 spiro atoms. The van der Waals surface area contributed by atoms with Crippen LogP contribution in [0.15, 0.2) is 24.5 Å². The standard InChI is InChI=1S/C17H21N5O2/c1-11(23)17(24)22-8-6-13-14(10-22)19-15(20-16(13)21(2)3)12-5-4-7-18-9-12/h4-5,7,9,11,23H,6,8,10H2,1-3H3/t11-/m1/s1. The van der Waals surface area contributed by atoms with E-state index < -0.39 is 6.10 Å². The number of aliphatic hydroxyl groups excluding tert-OH is 1. The molecule has 3 rings (SSSR count). The number of rotatable bonds is 3. The van der Waals surface area contributed by atoms with Crippen molar-refractivity contribution in [3.63, 3.8) is 0 Å². The second kappa shape index (κ2) is 6.52. The van der Waals surface area contributed by atoms with Crippen LogP contribution >= 0.6 is 0 Å². The minimum Gasteiger partial charge on any atom is -0.384 e. The van der Waals surface area contributed by atoms with Crippen molar-refractivity contribution < 1.29 is 9.90 Å². The van der Waals surface area contributed by atoms with Crippen LogP contribution in [0.5, 0.6) is 0 Å². The van der Waals surface area contributed by atoms with Gasteiger partial charge in [0.2, 0.25) is 0 Å². The maximum absolute atomic E-state index is 12.1. The molecule has 1 atom stereocenters. The van der Waals surface area contributed by atoms with Gasteiger partial charge < -0.3 is 14.9 Å². The Kier molecular flexibility index (Phi) is 4.44. The number of nitrogens with zero attached hydrogens (tertiary/aromatic N) is 5. The molecule has 3 heterocycles. The summed E-state index contributed by atoms with van der Waals surface area (Å²) in [6, 6.07) is 3.76. The van der Waals surface area contributed by atoms with E-state index in [4.69, 9.17) is 0 Å². The Hall–Kier alpha value is -2.54. The molecule has 1 amide bonds. The van der Waals surface area contributed by atoms with Crippen molar-refractivity contribution >= 4 is 11.7 Å². The number of amides is 1. The molecule has 0 fully saturated rings. The van der Waals surface area contributed by atoms with E-state index in [0.29, 0.717) is 25.3 Å². The first kappa shape index (κ1) is 16.3. The second-order valence-corrected chi connectivity index (χ2v) is 6.12. The van der Waals surface area contributed by atoms with E-state index in [2.05, 4.69) is 15.0 Å². The number of carbonyl (C=O) groups excluding carboxylic acids is 1. The lowest BCUT2D eigenvalue weighted by molar-refractivity contribution is -0.140. The van der Waals surface area contributed by atoms with Crippen LogP contribution in [0, 0.1) is 0 Å². The van der Waals surface area contributed by atoms with Crippen LogP contribution < -0.4 is 4.90 Å². The van der Waals surface area contributed by atoms with Crippen molar-refractivity contribution in [1.82, 2.24) is 19.9 Å². The average Bonchev–Trinajstić information content (AvgIpc) is 2.60. The predicted octanol–water partition coefficient (Wildman–Crippen LogP) is 0.870. The molecular weight excluding hydrogens is 306 g/mol. The Morgan fingerprint density at radius 1 is 1.38 bits per heavy atom. The van der Waals surface area contributed by atoms with Gasteiger partial charge in [0.05, 0.1) is 12.2 Å². The molecule has 7 nitrogen and oxygen atoms in total. The Bertz CT molecular complexity index is 746. The van der Waals surface area contributed by atoms with Gasteiger partial charge in [0, 0.05) is 44.2 Å². The maximum atomic E-state index is 12.1. The normalized spacial score (nSPS) is 14.9. The zero-order chi connectivity index (χ0) is 17.3. The van der Waals surface area contributed by atoms with Gasteiger partial charge in [-0.1, -0.05) is 0 Å². The summed E-state index contributed by atoms with van der Waals surface area (Å²) in [5.41, 5.74) is 2.72. The number of hydrogen-bond acceptors (Lipinski definition) is 6. The molecule has 0 unspecified atom stereocenters. The van der Waals surface area contributed by atoms with Crippen LogP contribution in [0.3, 0.4) is 0 Å². The summed E-state index contributed by atoms with van der Waals surface area (Å²) >= 11 is 0. The largest absolute Gasteiger partial charge is 0.384 e. The molecule has 0 saturated heterocycles.